The summed E-state index contributed by atoms with van der Waals surface area (Å²) in [5.41, 5.74) is 8.14. The molecule has 2 aromatic heterocycles. The van der Waals surface area contributed by atoms with Gasteiger partial charge in [0.05, 0.1) is 24.7 Å². The van der Waals surface area contributed by atoms with E-state index in [2.05, 4.69) is 25.3 Å². The molecular formula is C16H17N7O3S. The van der Waals surface area contributed by atoms with Crippen LogP contribution in [0.25, 0.3) is 11.2 Å². The molecule has 0 saturated heterocycles. The summed E-state index contributed by atoms with van der Waals surface area (Å²) in [4.78, 5) is 28.8. The quantitative estimate of drug-likeness (QED) is 0.571. The van der Waals surface area contributed by atoms with Crippen LogP contribution in [-0.2, 0) is 16.6 Å². The zero-order valence-corrected chi connectivity index (χ0v) is 15.4. The number of nitrogens with one attached hydrogen (secondary N) is 2. The number of rotatable bonds is 5. The fourth-order valence-corrected chi connectivity index (χ4v) is 2.81. The maximum Gasteiger partial charge on any atom is 0.264 e. The Labute approximate surface area is 155 Å². The molecule has 0 atom stereocenters. The molecule has 0 spiro atoms. The van der Waals surface area contributed by atoms with Gasteiger partial charge in [-0.2, -0.15) is 0 Å². The number of benzene rings is 1. The van der Waals surface area contributed by atoms with Gasteiger partial charge in [0.15, 0.2) is 17.0 Å². The number of hydrogen-bond acceptors (Lipinski definition) is 9. The predicted octanol–water partition coefficient (Wildman–Crippen LogP) is 0.612. The van der Waals surface area contributed by atoms with E-state index in [4.69, 9.17) is 5.73 Å². The Bertz CT molecular complexity index is 1130. The minimum atomic E-state index is -3.63. The Balaban J connectivity index is 1.76. The summed E-state index contributed by atoms with van der Waals surface area (Å²) in [6.45, 7) is 2.03. The van der Waals surface area contributed by atoms with Crippen molar-refractivity contribution >= 4 is 38.6 Å². The second-order valence-electron chi connectivity index (χ2n) is 5.83. The highest BCUT2D eigenvalue weighted by Gasteiger charge is 2.12. The van der Waals surface area contributed by atoms with Crippen LogP contribution in [0.1, 0.15) is 21.9 Å². The van der Waals surface area contributed by atoms with E-state index in [9.17, 15) is 13.2 Å². The Hall–Kier alpha value is -3.34. The average molecular weight is 387 g/mol. The SMILES string of the molecule is Cc1nc(N)c2nc(CNc3cccc(C(=O)NS(C)(=O)=O)c3)cnc2n1. The van der Waals surface area contributed by atoms with E-state index in [1.807, 2.05) is 4.72 Å². The second kappa shape index (κ2) is 7.11. The summed E-state index contributed by atoms with van der Waals surface area (Å²) in [6.07, 6.45) is 2.49. The molecule has 0 aliphatic carbocycles. The number of hydrogen-bond donors (Lipinski definition) is 3. The summed E-state index contributed by atoms with van der Waals surface area (Å²) < 4.78 is 24.3. The van der Waals surface area contributed by atoms with E-state index >= 15 is 0 Å². The maximum absolute atomic E-state index is 11.9. The third-order valence-electron chi connectivity index (χ3n) is 3.47. The number of nitrogens with zero attached hydrogens (tertiary/aromatic N) is 4. The van der Waals surface area contributed by atoms with Crippen molar-refractivity contribution < 1.29 is 13.2 Å². The highest BCUT2D eigenvalue weighted by Crippen LogP contribution is 2.15. The number of nitrogen functional groups attached to an aromatic ring is 1. The van der Waals surface area contributed by atoms with E-state index in [1.54, 1.807) is 25.3 Å². The lowest BCUT2D eigenvalue weighted by atomic mass is 10.2. The van der Waals surface area contributed by atoms with E-state index < -0.39 is 15.9 Å². The van der Waals surface area contributed by atoms with Gasteiger partial charge >= 0.3 is 0 Å². The van der Waals surface area contributed by atoms with Crippen LogP contribution in [0.15, 0.2) is 30.5 Å². The Kier molecular flexibility index (Phi) is 4.86. The lowest BCUT2D eigenvalue weighted by molar-refractivity contribution is 0.0981. The number of sulfonamides is 1. The topological polar surface area (TPSA) is 153 Å². The fourth-order valence-electron chi connectivity index (χ4n) is 2.35. The summed E-state index contributed by atoms with van der Waals surface area (Å²) in [5.74, 6) is 0.0718. The van der Waals surface area contributed by atoms with Crippen molar-refractivity contribution in [1.82, 2.24) is 24.7 Å². The third kappa shape index (κ3) is 4.64. The Morgan fingerprint density at radius 2 is 2.00 bits per heavy atom. The number of amides is 1. The summed E-state index contributed by atoms with van der Waals surface area (Å²) in [7, 11) is -3.63. The van der Waals surface area contributed by atoms with Gasteiger partial charge in [0.25, 0.3) is 5.91 Å². The molecule has 4 N–H and O–H groups in total. The molecule has 27 heavy (non-hydrogen) atoms. The largest absolute Gasteiger partial charge is 0.382 e. The minimum Gasteiger partial charge on any atom is -0.382 e. The van der Waals surface area contributed by atoms with Gasteiger partial charge in [0, 0.05) is 11.3 Å². The Morgan fingerprint density at radius 3 is 2.74 bits per heavy atom. The van der Waals surface area contributed by atoms with Crippen molar-refractivity contribution in [3.63, 3.8) is 0 Å². The molecule has 140 valence electrons. The summed E-state index contributed by atoms with van der Waals surface area (Å²) in [5, 5.41) is 3.10. The lowest BCUT2D eigenvalue weighted by Gasteiger charge is -2.09. The number of carbonyl (C=O) groups excluding carboxylic acids is 1. The summed E-state index contributed by atoms with van der Waals surface area (Å²) >= 11 is 0. The highest BCUT2D eigenvalue weighted by molar-refractivity contribution is 7.89. The zero-order chi connectivity index (χ0) is 19.6. The molecule has 0 bridgehead atoms. The van der Waals surface area contributed by atoms with Gasteiger partial charge in [0.2, 0.25) is 10.0 Å². The average Bonchev–Trinajstić information content (AvgIpc) is 2.59. The van der Waals surface area contributed by atoms with Crippen LogP contribution in [0, 0.1) is 6.92 Å². The van der Waals surface area contributed by atoms with Crippen LogP contribution >= 0.6 is 0 Å². The zero-order valence-electron chi connectivity index (χ0n) is 14.6. The first kappa shape index (κ1) is 18.5. The molecule has 2 heterocycles. The van der Waals surface area contributed by atoms with Crippen LogP contribution in [-0.4, -0.2) is 40.5 Å². The molecule has 10 nitrogen and oxygen atoms in total. The van der Waals surface area contributed by atoms with Gasteiger partial charge in [0.1, 0.15) is 5.82 Å². The smallest absolute Gasteiger partial charge is 0.264 e. The molecule has 1 amide bonds. The highest BCUT2D eigenvalue weighted by atomic mass is 32.2. The van der Waals surface area contributed by atoms with Crippen LogP contribution in [0.3, 0.4) is 0 Å². The second-order valence-corrected chi connectivity index (χ2v) is 7.58. The van der Waals surface area contributed by atoms with Crippen molar-refractivity contribution in [2.45, 2.75) is 13.5 Å². The molecule has 0 aliphatic rings. The Morgan fingerprint density at radius 1 is 1.22 bits per heavy atom. The third-order valence-corrected chi connectivity index (χ3v) is 4.03. The van der Waals surface area contributed by atoms with Crippen molar-refractivity contribution in [3.05, 3.63) is 47.5 Å². The first-order valence-corrected chi connectivity index (χ1v) is 9.72. The molecule has 0 saturated carbocycles. The van der Waals surface area contributed by atoms with Gasteiger partial charge in [-0.15, -0.1) is 0 Å². The van der Waals surface area contributed by atoms with Crippen molar-refractivity contribution in [2.24, 2.45) is 0 Å². The lowest BCUT2D eigenvalue weighted by Crippen LogP contribution is -2.29. The van der Waals surface area contributed by atoms with Gasteiger partial charge in [-0.3, -0.25) is 4.79 Å². The van der Waals surface area contributed by atoms with E-state index in [1.165, 1.54) is 12.1 Å². The first-order valence-electron chi connectivity index (χ1n) is 7.83. The molecule has 0 unspecified atom stereocenters. The molecule has 11 heteroatoms. The van der Waals surface area contributed by atoms with Crippen LogP contribution in [0.5, 0.6) is 0 Å². The molecule has 3 rings (SSSR count). The van der Waals surface area contributed by atoms with Crippen LogP contribution in [0.2, 0.25) is 0 Å². The van der Waals surface area contributed by atoms with E-state index in [-0.39, 0.29) is 11.4 Å². The molecule has 1 aromatic carbocycles. The van der Waals surface area contributed by atoms with E-state index in [0.717, 1.165) is 6.26 Å². The van der Waals surface area contributed by atoms with Gasteiger partial charge in [-0.1, -0.05) is 6.07 Å². The van der Waals surface area contributed by atoms with Crippen LogP contribution in [0.4, 0.5) is 11.5 Å². The molecular weight excluding hydrogens is 370 g/mol. The van der Waals surface area contributed by atoms with Crippen molar-refractivity contribution in [3.8, 4) is 0 Å². The standard InChI is InChI=1S/C16H17N7O3S/c1-9-20-14(17)13-15(21-9)19-8-12(22-13)7-18-11-5-3-4-10(6-11)16(24)23-27(2,25)26/h3-6,8,18H,7H2,1-2H3,(H,23,24)(H2,17,19,20,21). The number of aromatic nitrogens is 4. The number of anilines is 2. The van der Waals surface area contributed by atoms with Gasteiger partial charge in [-0.25, -0.2) is 33.1 Å². The number of nitrogens with two attached hydrogens (primary N) is 1. The molecule has 0 radical (unpaired) electrons. The van der Waals surface area contributed by atoms with Crippen LogP contribution < -0.4 is 15.8 Å². The maximum atomic E-state index is 11.9. The molecule has 3 aromatic rings. The number of fused-ring (bicyclic) bond motifs is 1. The van der Waals surface area contributed by atoms with E-state index in [0.29, 0.717) is 34.9 Å². The number of aryl methyl sites for hydroxylation is 1. The fraction of sp³-hybridized carbons (Fsp3) is 0.188. The van der Waals surface area contributed by atoms with Gasteiger partial charge < -0.3 is 11.1 Å². The minimum absolute atomic E-state index is 0.211. The van der Waals surface area contributed by atoms with Gasteiger partial charge in [-0.05, 0) is 25.1 Å². The molecule has 0 fully saturated rings. The normalized spacial score (nSPS) is 11.3. The first-order chi connectivity index (χ1) is 12.7. The van der Waals surface area contributed by atoms with Crippen molar-refractivity contribution in [2.75, 3.05) is 17.3 Å². The monoisotopic (exact) mass is 387 g/mol. The predicted molar refractivity (Wildman–Crippen MR) is 100 cm³/mol. The summed E-state index contributed by atoms with van der Waals surface area (Å²) in [6, 6.07) is 6.43. The number of carbonyl (C=O) groups is 1. The molecule has 0 aliphatic heterocycles. The van der Waals surface area contributed by atoms with Crippen molar-refractivity contribution in [1.29, 1.82) is 0 Å².